The molecular formula is C23H20F3N5O. The van der Waals surface area contributed by atoms with Crippen molar-refractivity contribution in [3.63, 3.8) is 0 Å². The van der Waals surface area contributed by atoms with Crippen LogP contribution >= 0.6 is 0 Å². The summed E-state index contributed by atoms with van der Waals surface area (Å²) in [6.45, 7) is 3.63. The number of carbonyl (C=O) groups is 1. The Morgan fingerprint density at radius 3 is 2.53 bits per heavy atom. The average molecular weight is 439 g/mol. The van der Waals surface area contributed by atoms with Crippen LogP contribution < -0.4 is 10.6 Å². The molecule has 0 spiro atoms. The molecule has 0 fully saturated rings. The third-order valence-corrected chi connectivity index (χ3v) is 4.83. The van der Waals surface area contributed by atoms with E-state index in [9.17, 15) is 18.0 Å². The van der Waals surface area contributed by atoms with Crippen LogP contribution in [0.15, 0.2) is 67.1 Å². The van der Waals surface area contributed by atoms with Crippen LogP contribution in [0.1, 0.15) is 19.4 Å². The highest BCUT2D eigenvalue weighted by atomic mass is 19.4. The van der Waals surface area contributed by atoms with Gasteiger partial charge >= 0.3 is 6.18 Å². The van der Waals surface area contributed by atoms with Crippen LogP contribution in [0.3, 0.4) is 0 Å². The summed E-state index contributed by atoms with van der Waals surface area (Å²) < 4.78 is 40.8. The molecule has 6 nitrogen and oxygen atoms in total. The fourth-order valence-electron chi connectivity index (χ4n) is 3.17. The van der Waals surface area contributed by atoms with E-state index in [1.54, 1.807) is 29.1 Å². The normalized spacial score (nSPS) is 11.7. The van der Waals surface area contributed by atoms with Crippen molar-refractivity contribution in [2.24, 2.45) is 5.92 Å². The fourth-order valence-corrected chi connectivity index (χ4v) is 3.17. The lowest BCUT2D eigenvalue weighted by molar-refractivity contribution is -0.137. The number of anilines is 3. The van der Waals surface area contributed by atoms with Crippen molar-refractivity contribution in [3.05, 3.63) is 72.7 Å². The van der Waals surface area contributed by atoms with Crippen molar-refractivity contribution < 1.29 is 18.0 Å². The van der Waals surface area contributed by atoms with Gasteiger partial charge in [-0.3, -0.25) is 9.20 Å². The summed E-state index contributed by atoms with van der Waals surface area (Å²) in [5.74, 6) is 0.0874. The van der Waals surface area contributed by atoms with Crippen LogP contribution in [0.25, 0.3) is 16.9 Å². The monoisotopic (exact) mass is 439 g/mol. The van der Waals surface area contributed by atoms with E-state index in [4.69, 9.17) is 0 Å². The standard InChI is InChI=1S/C23H20F3N5O/c1-14(2)22(32)30-17-7-3-5-15(11-17)19-13-28-21-20(27-9-10-31(19)21)29-18-8-4-6-16(12-18)23(24,25)26/h3-14H,1-2H3,(H,27,29)(H,30,32). The van der Waals surface area contributed by atoms with E-state index in [0.717, 1.165) is 23.4 Å². The van der Waals surface area contributed by atoms with Crippen LogP contribution in [0, 0.1) is 5.92 Å². The Bertz CT molecular complexity index is 1280. The van der Waals surface area contributed by atoms with Gasteiger partial charge in [-0.2, -0.15) is 13.2 Å². The summed E-state index contributed by atoms with van der Waals surface area (Å²) >= 11 is 0. The summed E-state index contributed by atoms with van der Waals surface area (Å²) in [5, 5.41) is 5.79. The number of amides is 1. The quantitative estimate of drug-likeness (QED) is 0.415. The highest BCUT2D eigenvalue weighted by Crippen LogP contribution is 2.32. The van der Waals surface area contributed by atoms with Crippen molar-refractivity contribution in [3.8, 4) is 11.3 Å². The molecule has 0 saturated heterocycles. The predicted molar refractivity (Wildman–Crippen MR) is 117 cm³/mol. The van der Waals surface area contributed by atoms with Crippen LogP contribution in [0.5, 0.6) is 0 Å². The molecule has 9 heteroatoms. The molecule has 2 N–H and O–H groups in total. The Labute approximate surface area is 182 Å². The Morgan fingerprint density at radius 2 is 1.78 bits per heavy atom. The maximum atomic E-state index is 13.0. The smallest absolute Gasteiger partial charge is 0.337 e. The van der Waals surface area contributed by atoms with E-state index < -0.39 is 11.7 Å². The maximum absolute atomic E-state index is 13.0. The number of carbonyl (C=O) groups excluding carboxylic acids is 1. The molecule has 4 aromatic rings. The van der Waals surface area contributed by atoms with Crippen LogP contribution in [-0.4, -0.2) is 20.3 Å². The maximum Gasteiger partial charge on any atom is 0.416 e. The summed E-state index contributed by atoms with van der Waals surface area (Å²) in [4.78, 5) is 20.7. The van der Waals surface area contributed by atoms with Crippen molar-refractivity contribution in [1.29, 1.82) is 0 Å². The molecule has 0 radical (unpaired) electrons. The van der Waals surface area contributed by atoms with Crippen molar-refractivity contribution >= 4 is 28.7 Å². The highest BCUT2D eigenvalue weighted by Gasteiger charge is 2.30. The Hall–Kier alpha value is -3.88. The molecule has 0 atom stereocenters. The summed E-state index contributed by atoms with van der Waals surface area (Å²) in [7, 11) is 0. The minimum atomic E-state index is -4.44. The molecular weight excluding hydrogens is 419 g/mol. The minimum Gasteiger partial charge on any atom is -0.337 e. The number of alkyl halides is 3. The van der Waals surface area contributed by atoms with E-state index in [1.165, 1.54) is 12.1 Å². The number of hydrogen-bond donors (Lipinski definition) is 2. The van der Waals surface area contributed by atoms with E-state index in [2.05, 4.69) is 20.6 Å². The molecule has 164 valence electrons. The third kappa shape index (κ3) is 4.41. The number of rotatable bonds is 5. The van der Waals surface area contributed by atoms with Gasteiger partial charge in [0.2, 0.25) is 5.91 Å². The first-order chi connectivity index (χ1) is 15.2. The lowest BCUT2D eigenvalue weighted by atomic mass is 10.1. The number of benzene rings is 2. The minimum absolute atomic E-state index is 0.0861. The van der Waals surface area contributed by atoms with Gasteiger partial charge < -0.3 is 10.6 Å². The summed E-state index contributed by atoms with van der Waals surface area (Å²) in [6.07, 6.45) is 0.470. The number of imidazole rings is 1. The second-order valence-corrected chi connectivity index (χ2v) is 7.54. The van der Waals surface area contributed by atoms with Gasteiger partial charge in [0.05, 0.1) is 17.5 Å². The van der Waals surface area contributed by atoms with Gasteiger partial charge in [0.25, 0.3) is 0 Å². The molecule has 0 saturated carbocycles. The topological polar surface area (TPSA) is 71.3 Å². The number of halogens is 3. The molecule has 0 aliphatic rings. The van der Waals surface area contributed by atoms with Gasteiger partial charge in [-0.05, 0) is 30.3 Å². The second kappa shape index (κ2) is 8.33. The second-order valence-electron chi connectivity index (χ2n) is 7.54. The molecule has 0 unspecified atom stereocenters. The molecule has 0 aliphatic carbocycles. The zero-order chi connectivity index (χ0) is 22.9. The number of nitrogens with one attached hydrogen (secondary N) is 2. The number of hydrogen-bond acceptors (Lipinski definition) is 4. The van der Waals surface area contributed by atoms with E-state index in [-0.39, 0.29) is 17.5 Å². The predicted octanol–water partition coefficient (Wildman–Crippen LogP) is 5.75. The first kappa shape index (κ1) is 21.4. The van der Waals surface area contributed by atoms with Crippen LogP contribution in [0.4, 0.5) is 30.4 Å². The first-order valence-electron chi connectivity index (χ1n) is 9.90. The SMILES string of the molecule is CC(C)C(=O)Nc1cccc(-c2cnc3c(Nc4cccc(C(F)(F)F)c4)nccn23)c1. The largest absolute Gasteiger partial charge is 0.416 e. The van der Waals surface area contributed by atoms with Crippen molar-refractivity contribution in [2.45, 2.75) is 20.0 Å². The van der Waals surface area contributed by atoms with Gasteiger partial charge in [0.1, 0.15) is 0 Å². The zero-order valence-corrected chi connectivity index (χ0v) is 17.3. The Kier molecular flexibility index (Phi) is 5.56. The Morgan fingerprint density at radius 1 is 1.03 bits per heavy atom. The Balaban J connectivity index is 1.67. The van der Waals surface area contributed by atoms with Crippen LogP contribution in [0.2, 0.25) is 0 Å². The fraction of sp³-hybridized carbons (Fsp3) is 0.174. The lowest BCUT2D eigenvalue weighted by Crippen LogP contribution is -2.17. The number of nitrogens with zero attached hydrogens (tertiary/aromatic N) is 3. The van der Waals surface area contributed by atoms with Gasteiger partial charge in [-0.25, -0.2) is 9.97 Å². The van der Waals surface area contributed by atoms with Gasteiger partial charge in [0.15, 0.2) is 11.5 Å². The van der Waals surface area contributed by atoms with Gasteiger partial charge in [0, 0.05) is 35.2 Å². The molecule has 0 bridgehead atoms. The summed E-state index contributed by atoms with van der Waals surface area (Å²) in [6, 6.07) is 12.2. The molecule has 32 heavy (non-hydrogen) atoms. The molecule has 0 aliphatic heterocycles. The van der Waals surface area contributed by atoms with Gasteiger partial charge in [-0.15, -0.1) is 0 Å². The van der Waals surface area contributed by atoms with Gasteiger partial charge in [-0.1, -0.05) is 32.0 Å². The molecule has 4 rings (SSSR count). The average Bonchev–Trinajstić information content (AvgIpc) is 3.19. The van der Waals surface area contributed by atoms with E-state index in [1.807, 2.05) is 32.0 Å². The molecule has 2 aromatic carbocycles. The van der Waals surface area contributed by atoms with Crippen LogP contribution in [-0.2, 0) is 11.0 Å². The summed E-state index contributed by atoms with van der Waals surface area (Å²) in [5.41, 5.74) is 2.18. The number of fused-ring (bicyclic) bond motifs is 1. The van der Waals surface area contributed by atoms with Crippen molar-refractivity contribution in [2.75, 3.05) is 10.6 Å². The lowest BCUT2D eigenvalue weighted by Gasteiger charge is -2.11. The molecule has 2 heterocycles. The third-order valence-electron chi connectivity index (χ3n) is 4.83. The first-order valence-corrected chi connectivity index (χ1v) is 9.90. The zero-order valence-electron chi connectivity index (χ0n) is 17.3. The van der Waals surface area contributed by atoms with E-state index >= 15 is 0 Å². The van der Waals surface area contributed by atoms with Crippen molar-refractivity contribution in [1.82, 2.24) is 14.4 Å². The highest BCUT2D eigenvalue weighted by molar-refractivity contribution is 5.92. The van der Waals surface area contributed by atoms with E-state index in [0.29, 0.717) is 17.2 Å². The number of aromatic nitrogens is 3. The molecule has 2 aromatic heterocycles. The molecule has 1 amide bonds.